The summed E-state index contributed by atoms with van der Waals surface area (Å²) in [6.07, 6.45) is 12.0. The molecule has 0 fully saturated rings. The van der Waals surface area contributed by atoms with Gasteiger partial charge in [0.2, 0.25) is 0 Å². The molecule has 0 aliphatic heterocycles. The maximum absolute atomic E-state index is 6.63. The van der Waals surface area contributed by atoms with E-state index in [1.165, 1.54) is 27.9 Å². The van der Waals surface area contributed by atoms with Gasteiger partial charge >= 0.3 is 0 Å². The number of hydrogen-bond donors (Lipinski definition) is 0. The number of halogens is 1. The maximum Gasteiger partial charge on any atom is 0.121 e. The van der Waals surface area contributed by atoms with Gasteiger partial charge in [0, 0.05) is 38.1 Å². The third kappa shape index (κ3) is 5.82. The third-order valence-corrected chi connectivity index (χ3v) is 9.39. The summed E-state index contributed by atoms with van der Waals surface area (Å²) in [5, 5.41) is 0.696. The minimum absolute atomic E-state index is 0.201. The monoisotopic (exact) mass is 609 g/mol. The smallest absolute Gasteiger partial charge is 0.121 e. The summed E-state index contributed by atoms with van der Waals surface area (Å²) in [7, 11) is 0. The zero-order chi connectivity index (χ0) is 30.5. The lowest BCUT2D eigenvalue weighted by Crippen LogP contribution is -2.37. The van der Waals surface area contributed by atoms with Gasteiger partial charge in [-0.2, -0.15) is 0 Å². The molecule has 0 spiro atoms. The van der Waals surface area contributed by atoms with Crippen LogP contribution in [0.2, 0.25) is 5.02 Å². The molecule has 0 saturated heterocycles. The molecule has 3 aromatic heterocycles. The predicted octanol–water partition coefficient (Wildman–Crippen LogP) is 8.29. The summed E-state index contributed by atoms with van der Waals surface area (Å²) in [5.74, 6) is 0. The predicted molar refractivity (Wildman–Crippen MR) is 180 cm³/mol. The van der Waals surface area contributed by atoms with Gasteiger partial charge in [-0.15, -0.1) is 0 Å². The average Bonchev–Trinajstić information content (AvgIpc) is 3.58. The lowest BCUT2D eigenvalue weighted by molar-refractivity contribution is 0.165. The van der Waals surface area contributed by atoms with Gasteiger partial charge in [0.25, 0.3) is 0 Å². The van der Waals surface area contributed by atoms with Crippen molar-refractivity contribution < 1.29 is 0 Å². The quantitative estimate of drug-likeness (QED) is 0.147. The molecular weight excluding hydrogens is 574 g/mol. The summed E-state index contributed by atoms with van der Waals surface area (Å²) in [4.78, 5) is 17.0. The average molecular weight is 610 g/mol. The Morgan fingerprint density at radius 1 is 0.733 bits per heavy atom. The summed E-state index contributed by atoms with van der Waals surface area (Å²) in [5.41, 5.74) is 7.42. The van der Waals surface area contributed by atoms with Crippen molar-refractivity contribution in [2.24, 2.45) is 0 Å². The molecule has 45 heavy (non-hydrogen) atoms. The molecule has 5 nitrogen and oxygen atoms in total. The van der Waals surface area contributed by atoms with E-state index in [-0.39, 0.29) is 6.04 Å². The molecule has 7 rings (SSSR count). The molecule has 1 aliphatic rings. The molecule has 3 heterocycles. The minimum atomic E-state index is -0.581. The highest BCUT2D eigenvalue weighted by Gasteiger charge is 2.38. The van der Waals surface area contributed by atoms with Gasteiger partial charge in [0.05, 0.1) is 34.5 Å². The number of rotatable bonds is 10. The van der Waals surface area contributed by atoms with E-state index in [2.05, 4.69) is 118 Å². The number of imidazole rings is 1. The number of pyridine rings is 2. The number of aryl methyl sites for hydroxylation is 1. The van der Waals surface area contributed by atoms with E-state index >= 15 is 0 Å². The molecule has 0 radical (unpaired) electrons. The third-order valence-electron chi connectivity index (χ3n) is 9.05. The van der Waals surface area contributed by atoms with Crippen LogP contribution in [0.4, 0.5) is 0 Å². The first-order chi connectivity index (χ1) is 22.2. The second-order valence-corrected chi connectivity index (χ2v) is 12.1. The van der Waals surface area contributed by atoms with E-state index in [0.717, 1.165) is 43.6 Å². The molecule has 1 aliphatic carbocycles. The normalized spacial score (nSPS) is 14.8. The van der Waals surface area contributed by atoms with Gasteiger partial charge in [0.15, 0.2) is 0 Å². The summed E-state index contributed by atoms with van der Waals surface area (Å²) in [6.45, 7) is 1.46. The van der Waals surface area contributed by atoms with Crippen LogP contribution in [0.1, 0.15) is 58.2 Å². The summed E-state index contributed by atoms with van der Waals surface area (Å²) in [6, 6.07) is 40.5. The number of hydrogen-bond acceptors (Lipinski definition) is 4. The molecule has 0 bridgehead atoms. The topological polar surface area (TPSA) is 46.8 Å². The lowest BCUT2D eigenvalue weighted by Gasteiger charge is -2.37. The van der Waals surface area contributed by atoms with Crippen LogP contribution < -0.4 is 0 Å². The summed E-state index contributed by atoms with van der Waals surface area (Å²) < 4.78 is 2.29. The van der Waals surface area contributed by atoms with Gasteiger partial charge in [-0.3, -0.25) is 14.9 Å². The van der Waals surface area contributed by atoms with Crippen LogP contribution in [-0.4, -0.2) is 31.0 Å². The van der Waals surface area contributed by atoms with Gasteiger partial charge in [-0.25, -0.2) is 4.98 Å². The zero-order valence-corrected chi connectivity index (χ0v) is 26.0. The van der Waals surface area contributed by atoms with Crippen molar-refractivity contribution in [2.75, 3.05) is 6.54 Å². The van der Waals surface area contributed by atoms with Gasteiger partial charge < -0.3 is 4.57 Å². The van der Waals surface area contributed by atoms with Crippen molar-refractivity contribution in [3.05, 3.63) is 185 Å². The Hall–Kier alpha value is -4.58. The number of nitrogens with zero attached hydrogens (tertiary/aromatic N) is 5. The van der Waals surface area contributed by atoms with E-state index in [9.17, 15) is 0 Å². The first kappa shape index (κ1) is 29.1. The molecule has 6 heteroatoms. The van der Waals surface area contributed by atoms with Gasteiger partial charge in [-0.1, -0.05) is 109 Å². The number of fused-ring (bicyclic) bond motifs is 1. The van der Waals surface area contributed by atoms with Crippen LogP contribution in [0.3, 0.4) is 0 Å². The molecule has 0 saturated carbocycles. The number of benzene rings is 3. The van der Waals surface area contributed by atoms with E-state index in [1.807, 2.05) is 36.9 Å². The maximum atomic E-state index is 6.63. The molecule has 3 aromatic carbocycles. The molecule has 6 aromatic rings. The highest BCUT2D eigenvalue weighted by molar-refractivity contribution is 6.31. The Balaban J connectivity index is 1.26. The number of aromatic nitrogens is 4. The molecule has 0 amide bonds. The Labute approximate surface area is 270 Å². The van der Waals surface area contributed by atoms with Crippen LogP contribution in [-0.2, 0) is 24.9 Å². The van der Waals surface area contributed by atoms with E-state index in [4.69, 9.17) is 21.6 Å². The van der Waals surface area contributed by atoms with Crippen molar-refractivity contribution in [3.63, 3.8) is 0 Å². The Bertz CT molecular complexity index is 1740. The molecule has 1 atom stereocenters. The highest BCUT2D eigenvalue weighted by atomic mass is 35.5. The molecule has 0 N–H and O–H groups in total. The van der Waals surface area contributed by atoms with Crippen LogP contribution in [0, 0.1) is 0 Å². The zero-order valence-electron chi connectivity index (χ0n) is 25.2. The van der Waals surface area contributed by atoms with Crippen molar-refractivity contribution in [2.45, 2.75) is 43.8 Å². The van der Waals surface area contributed by atoms with Crippen LogP contribution in [0.5, 0.6) is 0 Å². The van der Waals surface area contributed by atoms with Crippen LogP contribution in [0.25, 0.3) is 0 Å². The second-order valence-electron chi connectivity index (χ2n) is 11.7. The Morgan fingerprint density at radius 2 is 1.36 bits per heavy atom. The SMILES string of the molecule is Clc1cccnc1CN(CCc1cn(C(c2ccccc2)(c2ccccc2)c2ccccc2)cn1)C1CCCc2cccnc21. The van der Waals surface area contributed by atoms with Crippen molar-refractivity contribution in [1.82, 2.24) is 24.4 Å². The highest BCUT2D eigenvalue weighted by Crippen LogP contribution is 2.41. The van der Waals surface area contributed by atoms with Crippen LogP contribution in [0.15, 0.2) is 140 Å². The largest absolute Gasteiger partial charge is 0.319 e. The Kier molecular flexibility index (Phi) is 8.54. The van der Waals surface area contributed by atoms with Crippen LogP contribution >= 0.6 is 11.6 Å². The first-order valence-electron chi connectivity index (χ1n) is 15.7. The Morgan fingerprint density at radius 3 is 2.00 bits per heavy atom. The minimum Gasteiger partial charge on any atom is -0.319 e. The van der Waals surface area contributed by atoms with Gasteiger partial charge in [0.1, 0.15) is 5.54 Å². The molecular formula is C39H36ClN5. The standard InChI is InChI=1S/C39H36ClN5/c40-35-21-12-24-41-36(35)28-44(37-22-10-13-30-14-11-25-42-38(30)37)26-23-34-27-45(29-43-34)39(31-15-4-1-5-16-31,32-17-6-2-7-18-32)33-19-8-3-9-20-33/h1-9,11-12,14-21,24-25,27,29,37H,10,13,22-23,26,28H2. The fourth-order valence-electron chi connectivity index (χ4n) is 6.93. The molecule has 1 unspecified atom stereocenters. The van der Waals surface area contributed by atoms with E-state index in [0.29, 0.717) is 11.6 Å². The van der Waals surface area contributed by atoms with Crippen molar-refractivity contribution in [1.29, 1.82) is 0 Å². The van der Waals surface area contributed by atoms with Gasteiger partial charge in [-0.05, 0) is 59.7 Å². The second kappa shape index (κ2) is 13.2. The fourth-order valence-corrected chi connectivity index (χ4v) is 7.11. The summed E-state index contributed by atoms with van der Waals surface area (Å²) >= 11 is 6.63. The van der Waals surface area contributed by atoms with Crippen molar-refractivity contribution >= 4 is 11.6 Å². The van der Waals surface area contributed by atoms with E-state index < -0.39 is 5.54 Å². The van der Waals surface area contributed by atoms with E-state index in [1.54, 1.807) is 0 Å². The first-order valence-corrected chi connectivity index (χ1v) is 16.1. The molecule has 224 valence electrons. The lowest BCUT2D eigenvalue weighted by atomic mass is 9.77. The fraction of sp³-hybridized carbons (Fsp3) is 0.205. The van der Waals surface area contributed by atoms with Crippen molar-refractivity contribution in [3.8, 4) is 0 Å².